The van der Waals surface area contributed by atoms with E-state index in [1.165, 1.54) is 55.9 Å². The van der Waals surface area contributed by atoms with Crippen molar-refractivity contribution in [1.82, 2.24) is 0 Å². The zero-order valence-corrected chi connectivity index (χ0v) is 23.0. The molecule has 1 aromatic carbocycles. The molecule has 0 saturated carbocycles. The summed E-state index contributed by atoms with van der Waals surface area (Å²) in [6.07, 6.45) is 5.99. The van der Waals surface area contributed by atoms with Gasteiger partial charge in [-0.15, -0.1) is 22.7 Å². The van der Waals surface area contributed by atoms with Crippen molar-refractivity contribution in [3.63, 3.8) is 0 Å². The van der Waals surface area contributed by atoms with Crippen molar-refractivity contribution < 1.29 is 4.79 Å². The average Bonchev–Trinajstić information content (AvgIpc) is 3.21. The van der Waals surface area contributed by atoms with Crippen LogP contribution in [0.4, 0.5) is 0 Å². The summed E-state index contributed by atoms with van der Waals surface area (Å²) in [4.78, 5) is 12.9. The summed E-state index contributed by atoms with van der Waals surface area (Å²) in [5, 5.41) is 2.62. The van der Waals surface area contributed by atoms with Gasteiger partial charge in [-0.1, -0.05) is 65.5 Å². The number of aryl methyl sites for hydroxylation is 1. The Morgan fingerprint density at radius 3 is 1.83 bits per heavy atom. The lowest BCUT2D eigenvalue weighted by molar-refractivity contribution is 0.101. The molecule has 0 atom stereocenters. The van der Waals surface area contributed by atoms with Crippen molar-refractivity contribution in [3.8, 4) is 0 Å². The fourth-order valence-corrected chi connectivity index (χ4v) is 10.2. The van der Waals surface area contributed by atoms with Crippen LogP contribution in [0.25, 0.3) is 20.2 Å². The molecular weight excluding hydrogens is 425 g/mol. The number of hydrogen-bond acceptors (Lipinski definition) is 3. The van der Waals surface area contributed by atoms with E-state index in [0.29, 0.717) is 0 Å². The summed E-state index contributed by atoms with van der Waals surface area (Å²) >= 11 is 3.98. The number of rotatable bonds is 8. The smallest absolute Gasteiger partial charge is 0.160 e. The third-order valence-electron chi connectivity index (χ3n) is 5.68. The molecule has 0 fully saturated rings. The van der Waals surface area contributed by atoms with E-state index in [2.05, 4.69) is 58.3 Å². The predicted octanol–water partition coefficient (Wildman–Crippen LogP) is 7.53. The van der Waals surface area contributed by atoms with Gasteiger partial charge in [0.2, 0.25) is 0 Å². The minimum atomic E-state index is -1.42. The molecule has 29 heavy (non-hydrogen) atoms. The molecule has 0 unspecified atom stereocenters. The summed E-state index contributed by atoms with van der Waals surface area (Å²) in [6, 6.07) is 4.84. The summed E-state index contributed by atoms with van der Waals surface area (Å²) < 4.78 is 5.89. The highest BCUT2D eigenvalue weighted by Gasteiger charge is 2.27. The molecule has 0 aliphatic rings. The lowest BCUT2D eigenvalue weighted by Gasteiger charge is -2.12. The Morgan fingerprint density at radius 2 is 1.34 bits per heavy atom. The lowest BCUT2D eigenvalue weighted by Crippen LogP contribution is -2.34. The standard InChI is InChI=1S/C24H36OS2Si2/c1-9-10-11-12-13-17-18-14-20(28(3,4)5)26-23(18)24-19(22(17)16(2)25)15-21(27-24)29(6,7)8/h14-15H,9-13H2,1-8H3. The summed E-state index contributed by atoms with van der Waals surface area (Å²) in [5.41, 5.74) is 2.35. The molecule has 0 amide bonds. The van der Waals surface area contributed by atoms with Gasteiger partial charge in [-0.05, 0) is 51.8 Å². The molecule has 158 valence electrons. The van der Waals surface area contributed by atoms with Crippen LogP contribution in [0.2, 0.25) is 39.3 Å². The van der Waals surface area contributed by atoms with Crippen molar-refractivity contribution in [2.75, 3.05) is 0 Å². The van der Waals surface area contributed by atoms with Crippen molar-refractivity contribution >= 4 is 73.8 Å². The Labute approximate surface area is 186 Å². The average molecular weight is 461 g/mol. The Morgan fingerprint density at radius 1 is 0.828 bits per heavy atom. The third kappa shape index (κ3) is 4.63. The van der Waals surface area contributed by atoms with E-state index in [-0.39, 0.29) is 5.78 Å². The van der Waals surface area contributed by atoms with Crippen LogP contribution < -0.4 is 9.00 Å². The molecule has 2 aromatic heterocycles. The number of thiophene rings is 2. The van der Waals surface area contributed by atoms with Crippen LogP contribution in [0, 0.1) is 0 Å². The van der Waals surface area contributed by atoms with Gasteiger partial charge < -0.3 is 0 Å². The second-order valence-corrected chi connectivity index (χ2v) is 23.3. The molecule has 0 radical (unpaired) electrons. The van der Waals surface area contributed by atoms with Crippen LogP contribution in [0.5, 0.6) is 0 Å². The van der Waals surface area contributed by atoms with Gasteiger partial charge in [0, 0.05) is 10.9 Å². The topological polar surface area (TPSA) is 17.1 Å². The normalized spacial score (nSPS) is 13.0. The molecule has 0 bridgehead atoms. The highest BCUT2D eigenvalue weighted by molar-refractivity contribution is 7.37. The first-order chi connectivity index (χ1) is 13.4. The molecule has 3 aromatic rings. The Balaban J connectivity index is 2.34. The lowest BCUT2D eigenvalue weighted by atomic mass is 9.93. The second-order valence-electron chi connectivity index (χ2n) is 10.4. The van der Waals surface area contributed by atoms with E-state index in [0.717, 1.165) is 12.0 Å². The van der Waals surface area contributed by atoms with Gasteiger partial charge in [0.25, 0.3) is 0 Å². The van der Waals surface area contributed by atoms with E-state index < -0.39 is 16.1 Å². The summed E-state index contributed by atoms with van der Waals surface area (Å²) in [6.45, 7) is 18.6. The van der Waals surface area contributed by atoms with Crippen LogP contribution in [0.15, 0.2) is 12.1 Å². The van der Waals surface area contributed by atoms with Gasteiger partial charge in [0.15, 0.2) is 5.78 Å². The molecule has 0 saturated heterocycles. The molecule has 3 rings (SSSR count). The zero-order valence-electron chi connectivity index (χ0n) is 19.4. The summed E-state index contributed by atoms with van der Waals surface area (Å²) in [7, 11) is -2.82. The Kier molecular flexibility index (Phi) is 6.64. The number of benzene rings is 1. The van der Waals surface area contributed by atoms with E-state index >= 15 is 0 Å². The maximum absolute atomic E-state index is 12.9. The fraction of sp³-hybridized carbons (Fsp3) is 0.542. The first-order valence-electron chi connectivity index (χ1n) is 11.0. The fourth-order valence-electron chi connectivity index (χ4n) is 3.96. The first kappa shape index (κ1) is 22.9. The van der Waals surface area contributed by atoms with Crippen molar-refractivity contribution in [2.24, 2.45) is 0 Å². The van der Waals surface area contributed by atoms with Gasteiger partial charge in [0.05, 0.1) is 25.5 Å². The maximum atomic E-state index is 12.9. The number of Topliss-reactive ketones (excluding diaryl/α,β-unsaturated/α-hetero) is 1. The number of carbonyl (C=O) groups is 1. The highest BCUT2D eigenvalue weighted by atomic mass is 32.1. The Bertz CT molecular complexity index is 1050. The van der Waals surface area contributed by atoms with Crippen LogP contribution in [-0.2, 0) is 6.42 Å². The number of carbonyl (C=O) groups excluding carboxylic acids is 1. The predicted molar refractivity (Wildman–Crippen MR) is 141 cm³/mol. The van der Waals surface area contributed by atoms with Gasteiger partial charge in [-0.3, -0.25) is 4.79 Å². The minimum absolute atomic E-state index is 0.239. The van der Waals surface area contributed by atoms with Gasteiger partial charge in [0.1, 0.15) is 0 Å². The number of ketones is 1. The van der Waals surface area contributed by atoms with Crippen LogP contribution in [0.3, 0.4) is 0 Å². The van der Waals surface area contributed by atoms with Gasteiger partial charge in [-0.2, -0.15) is 0 Å². The largest absolute Gasteiger partial charge is 0.294 e. The molecule has 0 aliphatic carbocycles. The SMILES string of the molecule is CCCCCCc1c(C(C)=O)c2cc([Si](C)(C)C)sc2c2sc([Si](C)(C)C)cc12. The zero-order chi connectivity index (χ0) is 21.6. The molecule has 5 heteroatoms. The van der Waals surface area contributed by atoms with E-state index in [9.17, 15) is 4.79 Å². The van der Waals surface area contributed by atoms with Gasteiger partial charge >= 0.3 is 0 Å². The quantitative estimate of drug-likeness (QED) is 0.193. The van der Waals surface area contributed by atoms with Crippen molar-refractivity contribution in [2.45, 2.75) is 85.2 Å². The van der Waals surface area contributed by atoms with Crippen LogP contribution in [-0.4, -0.2) is 21.9 Å². The first-order valence-corrected chi connectivity index (χ1v) is 19.6. The maximum Gasteiger partial charge on any atom is 0.160 e. The third-order valence-corrected chi connectivity index (χ3v) is 15.3. The molecule has 1 nitrogen and oxygen atoms in total. The van der Waals surface area contributed by atoms with Crippen LogP contribution >= 0.6 is 22.7 Å². The molecule has 0 N–H and O–H groups in total. The molecular formula is C24H36OS2Si2. The van der Waals surface area contributed by atoms with E-state index in [1.807, 2.05) is 22.7 Å². The van der Waals surface area contributed by atoms with Crippen molar-refractivity contribution in [3.05, 3.63) is 23.3 Å². The Hall–Kier alpha value is -0.756. The van der Waals surface area contributed by atoms with E-state index in [4.69, 9.17) is 0 Å². The van der Waals surface area contributed by atoms with Crippen LogP contribution in [0.1, 0.15) is 55.5 Å². The van der Waals surface area contributed by atoms with Crippen molar-refractivity contribution in [1.29, 1.82) is 0 Å². The number of unbranched alkanes of at least 4 members (excludes halogenated alkanes) is 3. The highest BCUT2D eigenvalue weighted by Crippen LogP contribution is 2.40. The minimum Gasteiger partial charge on any atom is -0.294 e. The molecule has 0 aliphatic heterocycles. The second kappa shape index (κ2) is 8.41. The molecule has 0 spiro atoms. The summed E-state index contributed by atoms with van der Waals surface area (Å²) in [5.74, 6) is 0.239. The number of fused-ring (bicyclic) bond motifs is 3. The monoisotopic (exact) mass is 460 g/mol. The number of hydrogen-bond donors (Lipinski definition) is 0. The van der Waals surface area contributed by atoms with E-state index in [1.54, 1.807) is 11.4 Å². The van der Waals surface area contributed by atoms with Gasteiger partial charge in [-0.25, -0.2) is 0 Å². The molecule has 2 heterocycles.